The maximum Gasteiger partial charge on any atom is 0.252 e. The predicted molar refractivity (Wildman–Crippen MR) is 111 cm³/mol. The smallest absolute Gasteiger partial charge is 0.252 e. The first-order chi connectivity index (χ1) is 13.1. The van der Waals surface area contributed by atoms with Gasteiger partial charge in [-0.25, -0.2) is 10.9 Å². The van der Waals surface area contributed by atoms with Gasteiger partial charge in [-0.1, -0.05) is 60.7 Å². The first kappa shape index (κ1) is 20.4. The monoisotopic (exact) mass is 382 g/mol. The number of amides is 2. The first-order valence-electron chi connectivity index (χ1n) is 8.47. The van der Waals surface area contributed by atoms with E-state index in [4.69, 9.17) is 0 Å². The van der Waals surface area contributed by atoms with E-state index in [2.05, 4.69) is 21.1 Å². The van der Waals surface area contributed by atoms with Crippen LogP contribution in [0.25, 0.3) is 0 Å². The molecule has 0 saturated heterocycles. The number of thioether (sulfide) groups is 1. The normalized spacial score (nSPS) is 13.4. The minimum absolute atomic E-state index is 0.264. The lowest BCUT2D eigenvalue weighted by Gasteiger charge is -2.14. The molecule has 140 valence electrons. The van der Waals surface area contributed by atoms with E-state index < -0.39 is 10.5 Å². The fourth-order valence-electron chi connectivity index (χ4n) is 2.03. The predicted octanol–water partition coefficient (Wildman–Crippen LogP) is 2.80. The van der Waals surface area contributed by atoms with Crippen molar-refractivity contribution in [2.45, 2.75) is 24.3 Å². The molecule has 0 radical (unpaired) electrons. The van der Waals surface area contributed by atoms with E-state index in [9.17, 15) is 9.59 Å². The number of carbonyl (C=O) groups excluding carboxylic acids is 2. The van der Waals surface area contributed by atoms with Crippen molar-refractivity contribution in [3.63, 3.8) is 0 Å². The van der Waals surface area contributed by atoms with Crippen LogP contribution in [0.1, 0.15) is 25.0 Å². The summed E-state index contributed by atoms with van der Waals surface area (Å²) in [6.07, 6.45) is 3.15. The number of hydrogen-bond donors (Lipinski definition) is 2. The molecule has 0 aliphatic rings. The summed E-state index contributed by atoms with van der Waals surface area (Å²) in [6.45, 7) is 3.46. The summed E-state index contributed by atoms with van der Waals surface area (Å²) >= 11 is 1.24. The molecular weight excluding hydrogens is 360 g/mol. The van der Waals surface area contributed by atoms with Crippen molar-refractivity contribution in [3.8, 4) is 0 Å². The zero-order valence-electron chi connectivity index (χ0n) is 15.2. The molecule has 0 heterocycles. The number of nitrogens with zero attached hydrogens (tertiary/aromatic N) is 2. The SMILES string of the molecule is C[C@H](S[C@@H](C)C(=O)N/N=C/c1ccccc1)C(=O)N/N=C\c1ccccc1. The Hall–Kier alpha value is -2.93. The third-order valence-electron chi connectivity index (χ3n) is 3.52. The Bertz CT molecular complexity index is 727. The second-order valence-electron chi connectivity index (χ2n) is 5.71. The molecule has 2 N–H and O–H groups in total. The van der Waals surface area contributed by atoms with Crippen LogP contribution in [0.5, 0.6) is 0 Å². The average molecular weight is 382 g/mol. The minimum atomic E-state index is -0.434. The van der Waals surface area contributed by atoms with Crippen LogP contribution in [0.4, 0.5) is 0 Å². The number of benzene rings is 2. The van der Waals surface area contributed by atoms with E-state index in [0.717, 1.165) is 11.1 Å². The lowest BCUT2D eigenvalue weighted by Crippen LogP contribution is -2.33. The van der Waals surface area contributed by atoms with Gasteiger partial charge < -0.3 is 0 Å². The highest BCUT2D eigenvalue weighted by atomic mass is 32.2. The van der Waals surface area contributed by atoms with Gasteiger partial charge in [0.05, 0.1) is 22.9 Å². The van der Waals surface area contributed by atoms with Crippen LogP contribution in [-0.4, -0.2) is 34.7 Å². The molecule has 2 amide bonds. The van der Waals surface area contributed by atoms with Gasteiger partial charge in [0, 0.05) is 0 Å². The van der Waals surface area contributed by atoms with E-state index in [1.165, 1.54) is 11.8 Å². The van der Waals surface area contributed by atoms with Gasteiger partial charge >= 0.3 is 0 Å². The number of hydrogen-bond acceptors (Lipinski definition) is 5. The number of nitrogens with one attached hydrogen (secondary N) is 2. The zero-order valence-corrected chi connectivity index (χ0v) is 16.0. The van der Waals surface area contributed by atoms with Gasteiger partial charge in [0.25, 0.3) is 11.8 Å². The van der Waals surface area contributed by atoms with Crippen LogP contribution in [0.15, 0.2) is 70.9 Å². The molecular formula is C20H22N4O2S. The van der Waals surface area contributed by atoms with E-state index >= 15 is 0 Å². The summed E-state index contributed by atoms with van der Waals surface area (Å²) in [5.74, 6) is -0.528. The summed E-state index contributed by atoms with van der Waals surface area (Å²) in [6, 6.07) is 18.9. The van der Waals surface area contributed by atoms with Crippen molar-refractivity contribution in [1.82, 2.24) is 10.9 Å². The maximum atomic E-state index is 12.1. The molecule has 0 fully saturated rings. The summed E-state index contributed by atoms with van der Waals surface area (Å²) in [5, 5.41) is 7.00. The van der Waals surface area contributed by atoms with Crippen molar-refractivity contribution in [2.24, 2.45) is 10.2 Å². The van der Waals surface area contributed by atoms with E-state index in [-0.39, 0.29) is 11.8 Å². The lowest BCUT2D eigenvalue weighted by atomic mass is 10.2. The van der Waals surface area contributed by atoms with E-state index in [1.54, 1.807) is 26.3 Å². The Morgan fingerprint density at radius 2 is 1.15 bits per heavy atom. The number of rotatable bonds is 8. The second-order valence-corrected chi connectivity index (χ2v) is 7.40. The molecule has 0 aliphatic heterocycles. The van der Waals surface area contributed by atoms with Crippen LogP contribution in [0, 0.1) is 0 Å². The van der Waals surface area contributed by atoms with Crippen LogP contribution >= 0.6 is 11.8 Å². The molecule has 27 heavy (non-hydrogen) atoms. The highest BCUT2D eigenvalue weighted by molar-refractivity contribution is 8.01. The Labute approximate surface area is 163 Å². The highest BCUT2D eigenvalue weighted by Crippen LogP contribution is 2.17. The molecule has 2 rings (SSSR count). The Morgan fingerprint density at radius 1 is 0.778 bits per heavy atom. The summed E-state index contributed by atoms with van der Waals surface area (Å²) in [5.41, 5.74) is 6.76. The lowest BCUT2D eigenvalue weighted by molar-refractivity contribution is -0.120. The van der Waals surface area contributed by atoms with Crippen LogP contribution < -0.4 is 10.9 Å². The van der Waals surface area contributed by atoms with Crippen LogP contribution in [0.2, 0.25) is 0 Å². The van der Waals surface area contributed by atoms with Gasteiger partial charge in [-0.05, 0) is 25.0 Å². The number of carbonyl (C=O) groups is 2. The fourth-order valence-corrected chi connectivity index (χ4v) is 3.00. The Kier molecular flexibility index (Phi) is 8.25. The Balaban J connectivity index is 1.75. The summed E-state index contributed by atoms with van der Waals surface area (Å²) in [4.78, 5) is 24.2. The molecule has 7 heteroatoms. The van der Waals surface area contributed by atoms with Gasteiger partial charge in [-0.15, -0.1) is 11.8 Å². The van der Waals surface area contributed by atoms with E-state index in [0.29, 0.717) is 0 Å². The average Bonchev–Trinajstić information content (AvgIpc) is 2.69. The van der Waals surface area contributed by atoms with Gasteiger partial charge in [-0.3, -0.25) is 9.59 Å². The van der Waals surface area contributed by atoms with Gasteiger partial charge in [0.15, 0.2) is 0 Å². The molecule has 0 aliphatic carbocycles. The highest BCUT2D eigenvalue weighted by Gasteiger charge is 2.21. The largest absolute Gasteiger partial charge is 0.272 e. The topological polar surface area (TPSA) is 82.9 Å². The molecule has 0 saturated carbocycles. The maximum absolute atomic E-state index is 12.1. The van der Waals surface area contributed by atoms with Crippen LogP contribution in [-0.2, 0) is 9.59 Å². The summed E-state index contributed by atoms with van der Waals surface area (Å²) < 4.78 is 0. The quantitative estimate of drug-likeness (QED) is 0.544. The molecule has 0 bridgehead atoms. The number of hydrazone groups is 2. The Morgan fingerprint density at radius 3 is 1.52 bits per heavy atom. The fraction of sp³-hybridized carbons (Fsp3) is 0.200. The van der Waals surface area contributed by atoms with Crippen molar-refractivity contribution in [2.75, 3.05) is 0 Å². The molecule has 2 aromatic carbocycles. The minimum Gasteiger partial charge on any atom is -0.272 e. The van der Waals surface area contributed by atoms with Crippen molar-refractivity contribution < 1.29 is 9.59 Å². The van der Waals surface area contributed by atoms with Gasteiger partial charge in [0.1, 0.15) is 0 Å². The summed E-state index contributed by atoms with van der Waals surface area (Å²) in [7, 11) is 0. The third kappa shape index (κ3) is 7.45. The molecule has 2 aromatic rings. The molecule has 0 unspecified atom stereocenters. The standard InChI is InChI=1S/C20H22N4O2S/c1-15(19(25)23-21-13-17-9-5-3-6-10-17)27-16(2)20(26)24-22-14-18-11-7-4-8-12-18/h3-16H,1-2H3,(H,23,25)(H,24,26)/b21-13-,22-14+/t15-,16-/m0/s1. The van der Waals surface area contributed by atoms with Crippen molar-refractivity contribution >= 4 is 36.0 Å². The second kappa shape index (κ2) is 10.9. The van der Waals surface area contributed by atoms with Crippen LogP contribution in [0.3, 0.4) is 0 Å². The van der Waals surface area contributed by atoms with E-state index in [1.807, 2.05) is 60.7 Å². The molecule has 0 spiro atoms. The molecule has 2 atom stereocenters. The third-order valence-corrected chi connectivity index (χ3v) is 4.77. The van der Waals surface area contributed by atoms with Crippen molar-refractivity contribution in [1.29, 1.82) is 0 Å². The van der Waals surface area contributed by atoms with Crippen molar-refractivity contribution in [3.05, 3.63) is 71.8 Å². The molecule has 6 nitrogen and oxygen atoms in total. The zero-order chi connectivity index (χ0) is 19.5. The molecule has 0 aromatic heterocycles. The first-order valence-corrected chi connectivity index (χ1v) is 9.42. The van der Waals surface area contributed by atoms with Gasteiger partial charge in [0.2, 0.25) is 0 Å². The van der Waals surface area contributed by atoms with Gasteiger partial charge in [-0.2, -0.15) is 10.2 Å².